The number of H-pyrrole nitrogens is 2. The fourth-order valence-corrected chi connectivity index (χ4v) is 2.55. The van der Waals surface area contributed by atoms with Crippen molar-refractivity contribution < 1.29 is 24.5 Å². The highest BCUT2D eigenvalue weighted by molar-refractivity contribution is 5.93. The molecule has 1 aromatic carbocycles. The molecular formula is C16H13N3O7. The maximum Gasteiger partial charge on any atom is 0.354 e. The first-order valence-corrected chi connectivity index (χ1v) is 7.21. The van der Waals surface area contributed by atoms with E-state index >= 15 is 0 Å². The molecule has 26 heavy (non-hydrogen) atoms. The zero-order valence-corrected chi connectivity index (χ0v) is 13.6. The van der Waals surface area contributed by atoms with E-state index < -0.39 is 23.1 Å². The van der Waals surface area contributed by atoms with Crippen molar-refractivity contribution in [2.75, 3.05) is 14.2 Å². The van der Waals surface area contributed by atoms with E-state index in [0.717, 1.165) is 0 Å². The van der Waals surface area contributed by atoms with E-state index in [2.05, 4.69) is 9.98 Å². The van der Waals surface area contributed by atoms with Gasteiger partial charge in [-0.3, -0.25) is 14.8 Å². The smallest absolute Gasteiger partial charge is 0.354 e. The van der Waals surface area contributed by atoms with Crippen molar-refractivity contribution in [3.8, 4) is 17.4 Å². The number of methoxy groups -OCH3 is 2. The number of rotatable bonds is 4. The van der Waals surface area contributed by atoms with Gasteiger partial charge in [-0.25, -0.2) is 14.6 Å². The van der Waals surface area contributed by atoms with Gasteiger partial charge in [0.05, 0.1) is 19.6 Å². The summed E-state index contributed by atoms with van der Waals surface area (Å²) in [5.74, 6) is -1.32. The van der Waals surface area contributed by atoms with Gasteiger partial charge in [-0.15, -0.1) is 0 Å². The number of nitrogens with zero attached hydrogens (tertiary/aromatic N) is 1. The van der Waals surface area contributed by atoms with Crippen LogP contribution in [-0.4, -0.2) is 40.4 Å². The third-order valence-electron chi connectivity index (χ3n) is 3.72. The molecule has 0 radical (unpaired) electrons. The Morgan fingerprint density at radius 2 is 1.88 bits per heavy atom. The number of ether oxygens (including phenoxy) is 2. The van der Waals surface area contributed by atoms with Crippen molar-refractivity contribution in [2.45, 2.75) is 0 Å². The Hall–Kier alpha value is -3.82. The van der Waals surface area contributed by atoms with Crippen LogP contribution in [-0.2, 0) is 4.79 Å². The van der Waals surface area contributed by atoms with Crippen molar-refractivity contribution in [3.05, 3.63) is 54.3 Å². The Kier molecular flexibility index (Phi) is 4.08. The molecule has 1 aromatic heterocycles. The molecular weight excluding hydrogens is 346 g/mol. The fraction of sp³-hybridized carbons (Fsp3) is 0.125. The molecule has 2 heterocycles. The van der Waals surface area contributed by atoms with Gasteiger partial charge in [-0.2, -0.15) is 0 Å². The zero-order chi connectivity index (χ0) is 19.0. The van der Waals surface area contributed by atoms with Gasteiger partial charge in [0.25, 0.3) is 5.56 Å². The van der Waals surface area contributed by atoms with Crippen LogP contribution in [0.3, 0.4) is 0 Å². The van der Waals surface area contributed by atoms with Gasteiger partial charge in [0.15, 0.2) is 0 Å². The Balaban J connectivity index is 2.44. The third kappa shape index (κ3) is 2.73. The average Bonchev–Trinajstić information content (AvgIpc) is 3.03. The Labute approximate surface area is 144 Å². The van der Waals surface area contributed by atoms with Crippen molar-refractivity contribution in [1.82, 2.24) is 9.97 Å². The first-order valence-electron chi connectivity index (χ1n) is 7.21. The maximum atomic E-state index is 12.0. The fourth-order valence-electron chi connectivity index (χ4n) is 2.55. The van der Waals surface area contributed by atoms with Gasteiger partial charge >= 0.3 is 11.7 Å². The highest BCUT2D eigenvalue weighted by Crippen LogP contribution is 2.24. The van der Waals surface area contributed by atoms with Crippen molar-refractivity contribution in [1.29, 1.82) is 0 Å². The normalized spacial score (nSPS) is 13.0. The number of carboxylic acid groups (broad SMARTS) is 1. The van der Waals surface area contributed by atoms with Crippen LogP contribution in [0.5, 0.6) is 17.4 Å². The van der Waals surface area contributed by atoms with Crippen LogP contribution in [0.2, 0.25) is 0 Å². The number of carbonyl (C=O) groups is 1. The number of carboxylic acids is 1. The lowest BCUT2D eigenvalue weighted by Crippen LogP contribution is -2.31. The topological polar surface area (TPSA) is 154 Å². The van der Waals surface area contributed by atoms with Crippen LogP contribution in [0.25, 0.3) is 12.2 Å². The van der Waals surface area contributed by atoms with Crippen LogP contribution in [0.1, 0.15) is 11.1 Å². The molecule has 4 N–H and O–H groups in total. The molecule has 0 amide bonds. The summed E-state index contributed by atoms with van der Waals surface area (Å²) in [6, 6.07) is 1.50. The van der Waals surface area contributed by atoms with Gasteiger partial charge in [0, 0.05) is 16.8 Å². The minimum absolute atomic E-state index is 0.198. The largest absolute Gasteiger partial charge is 0.496 e. The van der Waals surface area contributed by atoms with Gasteiger partial charge < -0.3 is 19.7 Å². The van der Waals surface area contributed by atoms with Gasteiger partial charge in [0.2, 0.25) is 5.88 Å². The summed E-state index contributed by atoms with van der Waals surface area (Å²) >= 11 is 0. The first kappa shape index (κ1) is 17.0. The summed E-state index contributed by atoms with van der Waals surface area (Å²) in [6.45, 7) is 0. The quantitative estimate of drug-likeness (QED) is 0.527. The molecule has 0 saturated heterocycles. The number of aromatic hydroxyl groups is 1. The molecule has 2 aromatic rings. The molecule has 1 aliphatic heterocycles. The van der Waals surface area contributed by atoms with E-state index in [9.17, 15) is 24.6 Å². The molecule has 134 valence electrons. The van der Waals surface area contributed by atoms with E-state index in [4.69, 9.17) is 9.47 Å². The van der Waals surface area contributed by atoms with Crippen LogP contribution in [0.4, 0.5) is 0 Å². The molecule has 0 fully saturated rings. The van der Waals surface area contributed by atoms with Crippen LogP contribution in [0.15, 0.2) is 26.3 Å². The van der Waals surface area contributed by atoms with E-state index in [1.807, 2.05) is 4.98 Å². The minimum atomic E-state index is -1.24. The monoisotopic (exact) mass is 359 g/mol. The summed E-state index contributed by atoms with van der Waals surface area (Å²) in [4.78, 5) is 42.6. The molecule has 0 bridgehead atoms. The lowest BCUT2D eigenvalue weighted by Gasteiger charge is -2.08. The Morgan fingerprint density at radius 1 is 1.19 bits per heavy atom. The number of hydrogen-bond acceptors (Lipinski definition) is 7. The molecule has 1 aliphatic rings. The van der Waals surface area contributed by atoms with E-state index in [0.29, 0.717) is 11.3 Å². The van der Waals surface area contributed by atoms with Crippen LogP contribution in [0, 0.1) is 0 Å². The zero-order valence-electron chi connectivity index (χ0n) is 13.6. The maximum absolute atomic E-state index is 12.0. The highest BCUT2D eigenvalue weighted by atomic mass is 16.5. The predicted octanol–water partition coefficient (Wildman–Crippen LogP) is -1.33. The van der Waals surface area contributed by atoms with Crippen molar-refractivity contribution in [2.24, 2.45) is 4.99 Å². The molecule has 0 aliphatic carbocycles. The number of nitrogens with one attached hydrogen (secondary N) is 2. The number of aromatic nitrogens is 2. The summed E-state index contributed by atoms with van der Waals surface area (Å²) in [6.07, 6.45) is 2.56. The van der Waals surface area contributed by atoms with Crippen molar-refractivity contribution >= 4 is 18.1 Å². The molecule has 3 rings (SSSR count). The number of hydrogen-bond donors (Lipinski definition) is 4. The Morgan fingerprint density at radius 3 is 2.46 bits per heavy atom. The van der Waals surface area contributed by atoms with E-state index in [-0.39, 0.29) is 27.6 Å². The second-order valence-corrected chi connectivity index (χ2v) is 5.22. The Bertz CT molecular complexity index is 1190. The average molecular weight is 359 g/mol. The van der Waals surface area contributed by atoms with Crippen LogP contribution < -0.4 is 31.3 Å². The third-order valence-corrected chi connectivity index (χ3v) is 3.72. The molecule has 0 spiro atoms. The standard InChI is InChI=1S/C16H13N3O7/c1-25-10-5-11(26-2)7-4-9(15(22)23)17-12(7)6(10)3-8-13(20)18-16(24)19-14(8)21/h3-5H,1-2H3,(H,22,23)(H3,18,19,20,21,24)/b6-3+. The van der Waals surface area contributed by atoms with E-state index in [1.54, 1.807) is 0 Å². The van der Waals surface area contributed by atoms with Gasteiger partial charge in [-0.05, 0) is 12.2 Å². The number of benzene rings is 1. The first-order chi connectivity index (χ1) is 12.3. The molecule has 0 atom stereocenters. The summed E-state index contributed by atoms with van der Waals surface area (Å²) in [5, 5.41) is 19.5. The number of fused-ring (bicyclic) bond motifs is 1. The second-order valence-electron chi connectivity index (χ2n) is 5.22. The predicted molar refractivity (Wildman–Crippen MR) is 88.9 cm³/mol. The molecule has 0 unspecified atom stereocenters. The second kappa shape index (κ2) is 6.24. The van der Waals surface area contributed by atoms with Gasteiger partial charge in [-0.1, -0.05) is 0 Å². The van der Waals surface area contributed by atoms with Gasteiger partial charge in [0.1, 0.15) is 22.8 Å². The highest BCUT2D eigenvalue weighted by Gasteiger charge is 2.20. The van der Waals surface area contributed by atoms with Crippen LogP contribution >= 0.6 is 0 Å². The summed E-state index contributed by atoms with van der Waals surface area (Å²) in [7, 11) is 2.78. The number of aromatic amines is 2. The molecule has 0 saturated carbocycles. The summed E-state index contributed by atoms with van der Waals surface area (Å²) in [5.41, 5.74) is -1.77. The van der Waals surface area contributed by atoms with E-state index in [1.165, 1.54) is 32.4 Å². The molecule has 10 nitrogen and oxygen atoms in total. The van der Waals surface area contributed by atoms with Crippen molar-refractivity contribution in [3.63, 3.8) is 0 Å². The SMILES string of the molecule is COc1cc(OC)/c(=C\c2c(O)[nH]c(=O)[nH]c2=O)c2c1C=C(C(=O)O)N=2. The summed E-state index contributed by atoms with van der Waals surface area (Å²) < 4.78 is 10.5. The number of aliphatic carboxylic acids is 1. The lowest BCUT2D eigenvalue weighted by atomic mass is 10.1. The lowest BCUT2D eigenvalue weighted by molar-refractivity contribution is -0.132. The molecule has 10 heteroatoms. The minimum Gasteiger partial charge on any atom is -0.496 e.